The van der Waals surface area contributed by atoms with Crippen LogP contribution in [0, 0.1) is 0 Å². The maximum absolute atomic E-state index is 9.41. The molecule has 0 amide bonds. The van der Waals surface area contributed by atoms with Crippen LogP contribution >= 0.6 is 0 Å². The number of aliphatic hydroxyl groups excluding tert-OH is 1. The lowest BCUT2D eigenvalue weighted by Crippen LogP contribution is -2.54. The first kappa shape index (κ1) is 11.8. The summed E-state index contributed by atoms with van der Waals surface area (Å²) in [5.74, 6) is 0. The van der Waals surface area contributed by atoms with E-state index in [1.807, 2.05) is 6.92 Å². The van der Waals surface area contributed by atoms with Crippen molar-refractivity contribution in [2.45, 2.75) is 69.4 Å². The Morgan fingerprint density at radius 2 is 2.06 bits per heavy atom. The molecule has 0 bridgehead atoms. The van der Waals surface area contributed by atoms with Crippen LogP contribution in [0.25, 0.3) is 0 Å². The minimum absolute atomic E-state index is 0.0876. The van der Waals surface area contributed by atoms with Crippen molar-refractivity contribution in [1.82, 2.24) is 0 Å². The fourth-order valence-corrected chi connectivity index (χ4v) is 2.55. The predicted molar refractivity (Wildman–Crippen MR) is 56.8 cm³/mol. The van der Waals surface area contributed by atoms with E-state index in [0.29, 0.717) is 6.42 Å². The van der Waals surface area contributed by atoms with Gasteiger partial charge in [0.05, 0.1) is 6.10 Å². The van der Waals surface area contributed by atoms with Crippen LogP contribution in [0.5, 0.6) is 0 Å². The number of fused-ring (bicyclic) bond motifs is 1. The van der Waals surface area contributed by atoms with Crippen LogP contribution in [0.1, 0.15) is 26.2 Å². The van der Waals surface area contributed by atoms with Gasteiger partial charge in [-0.15, -0.1) is 0 Å². The van der Waals surface area contributed by atoms with E-state index >= 15 is 0 Å². The lowest BCUT2D eigenvalue weighted by molar-refractivity contribution is -0.264. The van der Waals surface area contributed by atoms with E-state index in [1.165, 1.54) is 0 Å². The van der Waals surface area contributed by atoms with Crippen molar-refractivity contribution in [3.8, 4) is 0 Å². The van der Waals surface area contributed by atoms with Gasteiger partial charge in [-0.25, -0.2) is 0 Å². The number of rotatable bonds is 2. The number of aliphatic hydroxyl groups is 1. The van der Waals surface area contributed by atoms with Crippen LogP contribution in [-0.2, 0) is 18.9 Å². The summed E-state index contributed by atoms with van der Waals surface area (Å²) in [7, 11) is 0. The van der Waals surface area contributed by atoms with Gasteiger partial charge in [0.25, 0.3) is 0 Å². The molecule has 7 atom stereocenters. The average Bonchev–Trinajstić information content (AvgIpc) is 3.01. The first-order valence-electron chi connectivity index (χ1n) is 6.19. The maximum atomic E-state index is 9.41. The molecule has 0 aliphatic carbocycles. The van der Waals surface area contributed by atoms with Crippen LogP contribution in [0.2, 0.25) is 0 Å². The lowest BCUT2D eigenvalue weighted by Gasteiger charge is -2.38. The van der Waals surface area contributed by atoms with Gasteiger partial charge in [0, 0.05) is 18.9 Å². The van der Waals surface area contributed by atoms with Crippen molar-refractivity contribution in [3.05, 3.63) is 0 Å². The molecule has 0 aromatic heterocycles. The molecule has 0 aromatic carbocycles. The molecular weight excluding hydrogens is 226 g/mol. The molecular formula is C11H19NO5. The van der Waals surface area contributed by atoms with Crippen molar-refractivity contribution in [2.75, 3.05) is 0 Å². The Balaban J connectivity index is 1.55. The average molecular weight is 245 g/mol. The normalized spacial score (nSPS) is 54.2. The zero-order valence-corrected chi connectivity index (χ0v) is 9.82. The van der Waals surface area contributed by atoms with Crippen molar-refractivity contribution in [2.24, 2.45) is 5.73 Å². The van der Waals surface area contributed by atoms with Crippen LogP contribution < -0.4 is 5.73 Å². The summed E-state index contributed by atoms with van der Waals surface area (Å²) >= 11 is 0. The third-order valence-electron chi connectivity index (χ3n) is 3.55. The highest BCUT2D eigenvalue weighted by Crippen LogP contribution is 2.36. The van der Waals surface area contributed by atoms with Crippen molar-refractivity contribution < 1.29 is 24.1 Å². The van der Waals surface area contributed by atoms with Gasteiger partial charge in [0.1, 0.15) is 12.2 Å². The standard InChI is InChI=1S/C11H19NO5/c1-5-10(6(12)4-8(13)14-5)16-9-3-2-7-11(15-7)17-9/h5-11,13H,2-4,12H2,1H3. The quantitative estimate of drug-likeness (QED) is 0.649. The van der Waals surface area contributed by atoms with E-state index < -0.39 is 6.29 Å². The molecule has 3 N–H and O–H groups in total. The van der Waals surface area contributed by atoms with Crippen molar-refractivity contribution in [1.29, 1.82) is 0 Å². The molecule has 7 unspecified atom stereocenters. The van der Waals surface area contributed by atoms with Crippen molar-refractivity contribution in [3.63, 3.8) is 0 Å². The molecule has 3 heterocycles. The second-order valence-corrected chi connectivity index (χ2v) is 4.98. The molecule has 17 heavy (non-hydrogen) atoms. The van der Waals surface area contributed by atoms with E-state index in [4.69, 9.17) is 24.7 Å². The Bertz CT molecular complexity index is 277. The molecule has 0 aromatic rings. The van der Waals surface area contributed by atoms with Gasteiger partial charge >= 0.3 is 0 Å². The fraction of sp³-hybridized carbons (Fsp3) is 1.00. The molecule has 98 valence electrons. The van der Waals surface area contributed by atoms with Gasteiger partial charge in [0.15, 0.2) is 18.9 Å². The summed E-state index contributed by atoms with van der Waals surface area (Å²) in [6, 6.07) is -0.227. The first-order chi connectivity index (χ1) is 8.13. The zero-order chi connectivity index (χ0) is 12.0. The summed E-state index contributed by atoms with van der Waals surface area (Å²) < 4.78 is 22.0. The number of ether oxygens (including phenoxy) is 4. The van der Waals surface area contributed by atoms with E-state index in [9.17, 15) is 5.11 Å². The van der Waals surface area contributed by atoms with Gasteiger partial charge in [0.2, 0.25) is 0 Å². The Morgan fingerprint density at radius 1 is 1.24 bits per heavy atom. The van der Waals surface area contributed by atoms with Crippen molar-refractivity contribution >= 4 is 0 Å². The first-order valence-corrected chi connectivity index (χ1v) is 6.19. The Labute approximate surface area is 100.0 Å². The molecule has 6 nitrogen and oxygen atoms in total. The maximum Gasteiger partial charge on any atom is 0.187 e. The predicted octanol–water partition coefficient (Wildman–Crippen LogP) is -0.312. The molecule has 6 heteroatoms. The van der Waals surface area contributed by atoms with Gasteiger partial charge in [-0.1, -0.05) is 0 Å². The van der Waals surface area contributed by atoms with E-state index in [0.717, 1.165) is 12.8 Å². The van der Waals surface area contributed by atoms with Crippen LogP contribution in [0.15, 0.2) is 0 Å². The smallest absolute Gasteiger partial charge is 0.187 e. The Kier molecular flexibility index (Phi) is 3.10. The monoisotopic (exact) mass is 245 g/mol. The number of hydrogen-bond donors (Lipinski definition) is 2. The number of epoxide rings is 1. The Morgan fingerprint density at radius 3 is 2.76 bits per heavy atom. The topological polar surface area (TPSA) is 86.5 Å². The molecule has 0 spiro atoms. The third kappa shape index (κ3) is 2.47. The Hall–Kier alpha value is -0.240. The fourth-order valence-electron chi connectivity index (χ4n) is 2.55. The largest absolute Gasteiger partial charge is 0.368 e. The van der Waals surface area contributed by atoms with Gasteiger partial charge < -0.3 is 29.8 Å². The summed E-state index contributed by atoms with van der Waals surface area (Å²) in [6.07, 6.45) is 0.841. The van der Waals surface area contributed by atoms with Crippen LogP contribution in [-0.4, -0.2) is 48.3 Å². The van der Waals surface area contributed by atoms with Crippen LogP contribution in [0.3, 0.4) is 0 Å². The molecule has 3 aliphatic heterocycles. The second-order valence-electron chi connectivity index (χ2n) is 4.98. The van der Waals surface area contributed by atoms with E-state index in [-0.39, 0.29) is 36.9 Å². The molecule has 3 aliphatic rings. The molecule has 0 saturated carbocycles. The zero-order valence-electron chi connectivity index (χ0n) is 9.82. The summed E-state index contributed by atoms with van der Waals surface area (Å²) in [5, 5.41) is 9.41. The SMILES string of the molecule is CC1OC(O)CC(N)C1OC1CCC2OC2O1. The van der Waals surface area contributed by atoms with Gasteiger partial charge in [-0.05, 0) is 13.3 Å². The van der Waals surface area contributed by atoms with E-state index in [2.05, 4.69) is 0 Å². The summed E-state index contributed by atoms with van der Waals surface area (Å²) in [5.41, 5.74) is 5.97. The molecule has 0 radical (unpaired) electrons. The van der Waals surface area contributed by atoms with E-state index in [1.54, 1.807) is 0 Å². The minimum atomic E-state index is -0.789. The highest BCUT2D eigenvalue weighted by Gasteiger charge is 2.47. The van der Waals surface area contributed by atoms with Gasteiger partial charge in [-0.2, -0.15) is 0 Å². The van der Waals surface area contributed by atoms with Gasteiger partial charge in [-0.3, -0.25) is 0 Å². The molecule has 3 saturated heterocycles. The molecule has 3 rings (SSSR count). The summed E-state index contributed by atoms with van der Waals surface area (Å²) in [6.45, 7) is 1.85. The highest BCUT2D eigenvalue weighted by atomic mass is 16.8. The number of hydrogen-bond acceptors (Lipinski definition) is 6. The summed E-state index contributed by atoms with van der Waals surface area (Å²) in [4.78, 5) is 0. The third-order valence-corrected chi connectivity index (χ3v) is 3.55. The highest BCUT2D eigenvalue weighted by molar-refractivity contribution is 4.87. The lowest BCUT2D eigenvalue weighted by atomic mass is 10.0. The van der Waals surface area contributed by atoms with Crippen LogP contribution in [0.4, 0.5) is 0 Å². The molecule has 3 fully saturated rings. The number of nitrogens with two attached hydrogens (primary N) is 1. The minimum Gasteiger partial charge on any atom is -0.368 e. The second kappa shape index (κ2) is 4.46.